The number of phenols is 1. The Morgan fingerprint density at radius 2 is 2.03 bits per heavy atom. The van der Waals surface area contributed by atoms with E-state index in [1.165, 1.54) is 17.0 Å². The van der Waals surface area contributed by atoms with Crippen molar-refractivity contribution in [2.24, 2.45) is 0 Å². The van der Waals surface area contributed by atoms with E-state index in [1.54, 1.807) is 43.5 Å². The number of thiocarbonyl (C=S) groups is 1. The number of carbonyl (C=O) groups is 2. The zero-order valence-electron chi connectivity index (χ0n) is 15.3. The van der Waals surface area contributed by atoms with Gasteiger partial charge in [0.15, 0.2) is 0 Å². The maximum atomic E-state index is 12.6. The first-order chi connectivity index (χ1) is 13.9. The van der Waals surface area contributed by atoms with Crippen LogP contribution in [0, 0.1) is 0 Å². The molecular weight excluding hydrogens is 432 g/mol. The van der Waals surface area contributed by atoms with Gasteiger partial charge in [-0.3, -0.25) is 14.5 Å². The van der Waals surface area contributed by atoms with Crippen molar-refractivity contribution in [3.05, 3.63) is 58.0 Å². The number of nitrogens with zero attached hydrogens (tertiary/aromatic N) is 1. The number of ether oxygens (including phenoxy) is 1. The quantitative estimate of drug-likeness (QED) is 0.507. The molecule has 9 heteroatoms. The molecular formula is C20H17ClN2O4S2. The molecule has 0 aromatic heterocycles. The molecule has 2 aromatic carbocycles. The highest BCUT2D eigenvalue weighted by Gasteiger charge is 2.32. The molecule has 6 nitrogen and oxygen atoms in total. The van der Waals surface area contributed by atoms with Crippen LogP contribution in [0.4, 0.5) is 5.69 Å². The number of thioether (sulfide) groups is 1. The number of rotatable bonds is 6. The van der Waals surface area contributed by atoms with Crippen LogP contribution in [0.1, 0.15) is 12.0 Å². The van der Waals surface area contributed by atoms with Crippen LogP contribution in [0.5, 0.6) is 11.5 Å². The minimum Gasteiger partial charge on any atom is -0.507 e. The van der Waals surface area contributed by atoms with E-state index in [-0.39, 0.29) is 30.5 Å². The number of halogens is 1. The van der Waals surface area contributed by atoms with E-state index in [0.29, 0.717) is 31.2 Å². The van der Waals surface area contributed by atoms with Crippen LogP contribution in [0.15, 0.2) is 47.4 Å². The van der Waals surface area contributed by atoms with E-state index in [2.05, 4.69) is 5.32 Å². The standard InChI is InChI=1S/C20H17ClN2O4S2/c1-27-15-5-3-14(4-6-15)22-18(25)8-9-23-19(26)17(29-20(23)28)11-12-10-13(21)2-7-16(12)24/h2-7,10-11,24H,8-9H2,1H3,(H,22,25)/b17-11-. The summed E-state index contributed by atoms with van der Waals surface area (Å²) in [5, 5.41) is 13.1. The van der Waals surface area contributed by atoms with Gasteiger partial charge >= 0.3 is 0 Å². The Morgan fingerprint density at radius 3 is 2.72 bits per heavy atom. The number of benzene rings is 2. The van der Waals surface area contributed by atoms with Gasteiger partial charge < -0.3 is 15.2 Å². The van der Waals surface area contributed by atoms with Crippen molar-refractivity contribution >= 4 is 63.5 Å². The predicted octanol–water partition coefficient (Wildman–Crippen LogP) is 4.28. The third-order valence-corrected chi connectivity index (χ3v) is 5.70. The third kappa shape index (κ3) is 5.29. The number of methoxy groups -OCH3 is 1. The van der Waals surface area contributed by atoms with Gasteiger partial charge in [0.25, 0.3) is 5.91 Å². The fourth-order valence-corrected chi connectivity index (χ4v) is 4.07. The Labute approximate surface area is 182 Å². The molecule has 2 N–H and O–H groups in total. The Morgan fingerprint density at radius 1 is 1.31 bits per heavy atom. The number of amides is 2. The molecule has 0 atom stereocenters. The van der Waals surface area contributed by atoms with Gasteiger partial charge in [0, 0.05) is 29.2 Å². The van der Waals surface area contributed by atoms with Gasteiger partial charge in [0.1, 0.15) is 15.8 Å². The van der Waals surface area contributed by atoms with Crippen molar-refractivity contribution in [1.29, 1.82) is 0 Å². The zero-order valence-corrected chi connectivity index (χ0v) is 17.7. The van der Waals surface area contributed by atoms with Gasteiger partial charge in [-0.1, -0.05) is 35.6 Å². The van der Waals surface area contributed by atoms with E-state index in [9.17, 15) is 14.7 Å². The first-order valence-electron chi connectivity index (χ1n) is 8.55. The largest absolute Gasteiger partial charge is 0.507 e. The summed E-state index contributed by atoms with van der Waals surface area (Å²) < 4.78 is 5.44. The third-order valence-electron chi connectivity index (χ3n) is 4.09. The van der Waals surface area contributed by atoms with Crippen LogP contribution in [-0.4, -0.2) is 39.8 Å². The van der Waals surface area contributed by atoms with Crippen molar-refractivity contribution in [1.82, 2.24) is 4.90 Å². The predicted molar refractivity (Wildman–Crippen MR) is 119 cm³/mol. The molecule has 29 heavy (non-hydrogen) atoms. The molecule has 150 valence electrons. The Hall–Kier alpha value is -2.55. The van der Waals surface area contributed by atoms with Crippen molar-refractivity contribution in [3.8, 4) is 11.5 Å². The molecule has 1 aliphatic heterocycles. The molecule has 1 heterocycles. The molecule has 2 amide bonds. The molecule has 0 bridgehead atoms. The Balaban J connectivity index is 1.61. The second-order valence-corrected chi connectivity index (χ2v) is 8.18. The first kappa shape index (κ1) is 21.2. The minimum absolute atomic E-state index is 0.0125. The number of phenolic OH excluding ortho intramolecular Hbond substituents is 1. The Bertz CT molecular complexity index is 992. The lowest BCUT2D eigenvalue weighted by molar-refractivity contribution is -0.122. The molecule has 0 spiro atoms. The topological polar surface area (TPSA) is 78.9 Å². The van der Waals surface area contributed by atoms with Gasteiger partial charge in [-0.15, -0.1) is 0 Å². The summed E-state index contributed by atoms with van der Waals surface area (Å²) in [4.78, 5) is 26.6. The number of hydrogen-bond acceptors (Lipinski definition) is 6. The lowest BCUT2D eigenvalue weighted by Crippen LogP contribution is -2.31. The van der Waals surface area contributed by atoms with E-state index >= 15 is 0 Å². The molecule has 0 saturated carbocycles. The van der Waals surface area contributed by atoms with Crippen LogP contribution in [-0.2, 0) is 9.59 Å². The van der Waals surface area contributed by atoms with E-state index < -0.39 is 0 Å². The number of anilines is 1. The smallest absolute Gasteiger partial charge is 0.266 e. The SMILES string of the molecule is COc1ccc(NC(=O)CCN2C(=O)/C(=C/c3cc(Cl)ccc3O)SC2=S)cc1. The van der Waals surface area contributed by atoms with Gasteiger partial charge in [0.05, 0.1) is 12.0 Å². The summed E-state index contributed by atoms with van der Waals surface area (Å²) in [6.45, 7) is 0.158. The van der Waals surface area contributed by atoms with Crippen LogP contribution < -0.4 is 10.1 Å². The zero-order chi connectivity index (χ0) is 21.0. The van der Waals surface area contributed by atoms with Gasteiger partial charge in [0.2, 0.25) is 5.91 Å². The maximum absolute atomic E-state index is 12.6. The van der Waals surface area contributed by atoms with Crippen LogP contribution in [0.25, 0.3) is 6.08 Å². The second kappa shape index (κ2) is 9.30. The lowest BCUT2D eigenvalue weighted by atomic mass is 10.2. The van der Waals surface area contributed by atoms with E-state index in [1.807, 2.05) is 0 Å². The second-order valence-electron chi connectivity index (χ2n) is 6.06. The molecule has 1 saturated heterocycles. The van der Waals surface area contributed by atoms with Gasteiger partial charge in [-0.05, 0) is 48.5 Å². The summed E-state index contributed by atoms with van der Waals surface area (Å²) in [6.07, 6.45) is 1.63. The number of aromatic hydroxyl groups is 1. The number of carbonyl (C=O) groups excluding carboxylic acids is 2. The van der Waals surface area contributed by atoms with Crippen molar-refractivity contribution in [2.75, 3.05) is 19.0 Å². The van der Waals surface area contributed by atoms with Crippen LogP contribution in [0.3, 0.4) is 0 Å². The molecule has 0 unspecified atom stereocenters. The summed E-state index contributed by atoms with van der Waals surface area (Å²) in [5.74, 6) is 0.161. The first-order valence-corrected chi connectivity index (χ1v) is 10.2. The summed E-state index contributed by atoms with van der Waals surface area (Å²) in [6, 6.07) is 11.5. The van der Waals surface area contributed by atoms with Crippen molar-refractivity contribution in [3.63, 3.8) is 0 Å². The summed E-state index contributed by atoms with van der Waals surface area (Å²) >= 11 is 12.3. The van der Waals surface area contributed by atoms with E-state index in [0.717, 1.165) is 11.8 Å². The van der Waals surface area contributed by atoms with E-state index in [4.69, 9.17) is 28.6 Å². The fourth-order valence-electron chi connectivity index (χ4n) is 2.59. The Kier molecular flexibility index (Phi) is 6.79. The fraction of sp³-hybridized carbons (Fsp3) is 0.150. The van der Waals surface area contributed by atoms with Crippen LogP contribution >= 0.6 is 35.6 Å². The minimum atomic E-state index is -0.309. The highest BCUT2D eigenvalue weighted by atomic mass is 35.5. The lowest BCUT2D eigenvalue weighted by Gasteiger charge is -2.14. The molecule has 0 radical (unpaired) electrons. The highest BCUT2D eigenvalue weighted by Crippen LogP contribution is 2.34. The molecule has 2 aromatic rings. The average Bonchev–Trinajstić information content (AvgIpc) is 2.96. The molecule has 1 fully saturated rings. The normalized spacial score (nSPS) is 15.1. The molecule has 3 rings (SSSR count). The number of hydrogen-bond donors (Lipinski definition) is 2. The van der Waals surface area contributed by atoms with Crippen molar-refractivity contribution < 1.29 is 19.4 Å². The maximum Gasteiger partial charge on any atom is 0.266 e. The highest BCUT2D eigenvalue weighted by molar-refractivity contribution is 8.26. The molecule has 0 aliphatic carbocycles. The van der Waals surface area contributed by atoms with Crippen molar-refractivity contribution in [2.45, 2.75) is 6.42 Å². The molecule has 1 aliphatic rings. The number of nitrogens with one attached hydrogen (secondary N) is 1. The van der Waals surface area contributed by atoms with Crippen LogP contribution in [0.2, 0.25) is 5.02 Å². The van der Waals surface area contributed by atoms with Gasteiger partial charge in [-0.25, -0.2) is 0 Å². The monoisotopic (exact) mass is 448 g/mol. The van der Waals surface area contributed by atoms with Gasteiger partial charge in [-0.2, -0.15) is 0 Å². The summed E-state index contributed by atoms with van der Waals surface area (Å²) in [7, 11) is 1.57. The average molecular weight is 449 g/mol. The summed E-state index contributed by atoms with van der Waals surface area (Å²) in [5.41, 5.74) is 1.06.